The Bertz CT molecular complexity index is 2330. The molecule has 49 heavy (non-hydrogen) atoms. The third-order valence-electron chi connectivity index (χ3n) is 8.32. The highest BCUT2D eigenvalue weighted by Gasteiger charge is 2.31. The molecule has 0 spiro atoms. The highest BCUT2D eigenvalue weighted by atomic mass is 16.2. The van der Waals surface area contributed by atoms with Gasteiger partial charge in [-0.3, -0.25) is 20.3 Å². The summed E-state index contributed by atoms with van der Waals surface area (Å²) in [5, 5.41) is 19.2. The standard InChI is InChI=1S/C33H29N15O/c34-29(25-9-11-27-31(39-25)46(44-42-27)17-19-5-7-23-21(15-19)3-1-13-37-23)48(33(49)41-36)30(35)26-10-12-28-32(40-26)47(45-43-28)18-20-6-8-24-22(16-20)4-2-14-38-24/h1-16,29-30H,17-18,34-36H2,(H,41,49). The van der Waals surface area contributed by atoms with E-state index in [-0.39, 0.29) is 0 Å². The van der Waals surface area contributed by atoms with Crippen molar-refractivity contribution in [2.45, 2.75) is 25.4 Å². The number of fused-ring (bicyclic) bond motifs is 4. The van der Waals surface area contributed by atoms with E-state index < -0.39 is 18.4 Å². The molecule has 2 unspecified atom stereocenters. The second kappa shape index (κ2) is 12.3. The lowest BCUT2D eigenvalue weighted by atomic mass is 10.1. The van der Waals surface area contributed by atoms with Crippen LogP contribution in [0.5, 0.6) is 0 Å². The zero-order valence-electron chi connectivity index (χ0n) is 25.9. The highest BCUT2D eigenvalue weighted by molar-refractivity contribution is 5.80. The molecule has 6 aromatic heterocycles. The van der Waals surface area contributed by atoms with Crippen molar-refractivity contribution in [3.05, 3.63) is 120 Å². The van der Waals surface area contributed by atoms with Crippen LogP contribution in [0, 0.1) is 0 Å². The first-order valence-corrected chi connectivity index (χ1v) is 15.3. The van der Waals surface area contributed by atoms with Crippen LogP contribution < -0.4 is 22.7 Å². The molecule has 0 bridgehead atoms. The maximum absolute atomic E-state index is 13.2. The average Bonchev–Trinajstić information content (AvgIpc) is 3.74. The van der Waals surface area contributed by atoms with Crippen molar-refractivity contribution in [1.29, 1.82) is 0 Å². The summed E-state index contributed by atoms with van der Waals surface area (Å²) in [4.78, 5) is 32.7. The van der Waals surface area contributed by atoms with Crippen molar-refractivity contribution in [2.24, 2.45) is 17.3 Å². The Kier molecular flexibility index (Phi) is 7.48. The molecule has 0 aliphatic carbocycles. The van der Waals surface area contributed by atoms with E-state index in [1.54, 1.807) is 46.0 Å². The van der Waals surface area contributed by atoms with E-state index >= 15 is 0 Å². The van der Waals surface area contributed by atoms with Gasteiger partial charge in [0.1, 0.15) is 23.4 Å². The van der Waals surface area contributed by atoms with Crippen LogP contribution in [0.1, 0.15) is 34.8 Å². The molecule has 2 atom stereocenters. The lowest BCUT2D eigenvalue weighted by molar-refractivity contribution is 0.143. The summed E-state index contributed by atoms with van der Waals surface area (Å²) in [7, 11) is 0. The Labute approximate surface area is 277 Å². The zero-order chi connectivity index (χ0) is 33.5. The van der Waals surface area contributed by atoms with Crippen LogP contribution in [-0.2, 0) is 13.1 Å². The molecule has 0 saturated heterocycles. The number of rotatable bonds is 8. The predicted molar refractivity (Wildman–Crippen MR) is 181 cm³/mol. The van der Waals surface area contributed by atoms with Crippen LogP contribution in [0.15, 0.2) is 97.3 Å². The van der Waals surface area contributed by atoms with Crippen molar-refractivity contribution in [2.75, 3.05) is 0 Å². The van der Waals surface area contributed by atoms with E-state index in [4.69, 9.17) is 27.3 Å². The fourth-order valence-electron chi connectivity index (χ4n) is 5.86. The molecule has 16 heteroatoms. The minimum absolute atomic E-state index is 0.344. The van der Waals surface area contributed by atoms with Crippen molar-refractivity contribution in [3.8, 4) is 0 Å². The first-order chi connectivity index (χ1) is 23.9. The van der Waals surface area contributed by atoms with Crippen LogP contribution in [0.25, 0.3) is 44.1 Å². The van der Waals surface area contributed by atoms with E-state index in [1.165, 1.54) is 4.90 Å². The van der Waals surface area contributed by atoms with Crippen LogP contribution in [-0.4, -0.2) is 60.9 Å². The first-order valence-electron chi connectivity index (χ1n) is 15.3. The maximum Gasteiger partial charge on any atom is 0.334 e. The van der Waals surface area contributed by atoms with Gasteiger partial charge in [0.15, 0.2) is 11.3 Å². The lowest BCUT2D eigenvalue weighted by Crippen LogP contribution is -2.52. The van der Waals surface area contributed by atoms with E-state index in [0.717, 1.165) is 32.9 Å². The van der Waals surface area contributed by atoms with Gasteiger partial charge in [-0.2, -0.15) is 0 Å². The number of carbonyl (C=O) groups is 1. The number of nitrogens with zero attached hydrogens (tertiary/aromatic N) is 11. The number of hydrazine groups is 1. The number of pyridine rings is 4. The second-order valence-corrected chi connectivity index (χ2v) is 11.5. The minimum atomic E-state index is -1.12. The summed E-state index contributed by atoms with van der Waals surface area (Å²) in [6.45, 7) is 0.808. The topological polar surface area (TPSA) is 223 Å². The van der Waals surface area contributed by atoms with Gasteiger partial charge in [0, 0.05) is 23.2 Å². The smallest absolute Gasteiger partial charge is 0.306 e. The number of hydrogen-bond acceptors (Lipinski definition) is 12. The molecule has 0 fully saturated rings. The van der Waals surface area contributed by atoms with Gasteiger partial charge in [-0.05, 0) is 71.8 Å². The summed E-state index contributed by atoms with van der Waals surface area (Å²) in [6, 6.07) is 25.9. The number of aromatic nitrogens is 10. The Morgan fingerprint density at radius 1 is 0.673 bits per heavy atom. The number of benzene rings is 2. The van der Waals surface area contributed by atoms with Gasteiger partial charge >= 0.3 is 6.03 Å². The summed E-state index contributed by atoms with van der Waals surface area (Å²) in [6.07, 6.45) is 1.27. The van der Waals surface area contributed by atoms with Gasteiger partial charge in [-0.1, -0.05) is 34.7 Å². The molecule has 8 rings (SSSR count). The van der Waals surface area contributed by atoms with Gasteiger partial charge < -0.3 is 11.5 Å². The number of urea groups is 1. The largest absolute Gasteiger partial charge is 0.334 e. The highest BCUT2D eigenvalue weighted by Crippen LogP contribution is 2.26. The second-order valence-electron chi connectivity index (χ2n) is 11.5. The van der Waals surface area contributed by atoms with Crippen molar-refractivity contribution in [3.63, 3.8) is 0 Å². The molecule has 0 radical (unpaired) electrons. The summed E-state index contributed by atoms with van der Waals surface area (Å²) >= 11 is 0. The molecule has 0 saturated carbocycles. The normalized spacial score (nSPS) is 12.9. The molecule has 2 amide bonds. The summed E-state index contributed by atoms with van der Waals surface area (Å²) in [5.41, 5.74) is 22.1. The van der Waals surface area contributed by atoms with Crippen molar-refractivity contribution in [1.82, 2.24) is 60.2 Å². The molecular formula is C33H29N15O. The van der Waals surface area contributed by atoms with Crippen LogP contribution >= 0.6 is 0 Å². The zero-order valence-corrected chi connectivity index (χ0v) is 25.9. The Morgan fingerprint density at radius 2 is 1.14 bits per heavy atom. The maximum atomic E-state index is 13.2. The van der Waals surface area contributed by atoms with Gasteiger partial charge in [0.05, 0.1) is 35.5 Å². The van der Waals surface area contributed by atoms with E-state index in [1.807, 2.05) is 60.7 Å². The first kappa shape index (κ1) is 29.9. The Hall–Kier alpha value is -6.49. The third kappa shape index (κ3) is 5.61. The average molecular weight is 652 g/mol. The Balaban J connectivity index is 1.09. The number of hydrogen-bond donors (Lipinski definition) is 4. The summed E-state index contributed by atoms with van der Waals surface area (Å²) < 4.78 is 3.35. The van der Waals surface area contributed by atoms with Gasteiger partial charge in [0.25, 0.3) is 0 Å². The molecule has 6 heterocycles. The van der Waals surface area contributed by atoms with Crippen LogP contribution in [0.3, 0.4) is 0 Å². The van der Waals surface area contributed by atoms with E-state index in [0.29, 0.717) is 46.8 Å². The SMILES string of the molecule is NNC(=O)N(C(N)c1ccc2nnn(Cc3ccc4ncccc4c3)c2n1)C(N)c1ccc2nnn(Cc3ccc4ncccc4c3)c2n1. The quantitative estimate of drug-likeness (QED) is 0.0805. The van der Waals surface area contributed by atoms with Gasteiger partial charge in [-0.25, -0.2) is 30.0 Å². The Morgan fingerprint density at radius 3 is 1.61 bits per heavy atom. The van der Waals surface area contributed by atoms with Crippen molar-refractivity contribution < 1.29 is 4.79 Å². The van der Waals surface area contributed by atoms with Crippen LogP contribution in [0.4, 0.5) is 4.79 Å². The molecule has 0 aliphatic rings. The molecule has 242 valence electrons. The van der Waals surface area contributed by atoms with Crippen LogP contribution in [0.2, 0.25) is 0 Å². The molecule has 2 aromatic carbocycles. The molecular weight excluding hydrogens is 622 g/mol. The van der Waals surface area contributed by atoms with E-state index in [2.05, 4.69) is 36.0 Å². The molecule has 0 aliphatic heterocycles. The van der Waals surface area contributed by atoms with Gasteiger partial charge in [0.2, 0.25) is 0 Å². The fraction of sp³-hybridized carbons (Fsp3) is 0.121. The predicted octanol–water partition coefficient (Wildman–Crippen LogP) is 2.66. The number of carbonyl (C=O) groups excluding carboxylic acids is 1. The number of nitrogens with one attached hydrogen (secondary N) is 1. The molecule has 7 N–H and O–H groups in total. The minimum Gasteiger partial charge on any atom is -0.306 e. The number of amides is 2. The monoisotopic (exact) mass is 651 g/mol. The lowest BCUT2D eigenvalue weighted by Gasteiger charge is -2.32. The third-order valence-corrected chi connectivity index (χ3v) is 8.32. The fourth-order valence-corrected chi connectivity index (χ4v) is 5.86. The van der Waals surface area contributed by atoms with Gasteiger partial charge in [-0.15, -0.1) is 10.2 Å². The summed E-state index contributed by atoms with van der Waals surface area (Å²) in [5.74, 6) is 5.60. The van der Waals surface area contributed by atoms with E-state index in [9.17, 15) is 4.79 Å². The molecule has 8 aromatic rings. The van der Waals surface area contributed by atoms with Crippen molar-refractivity contribution >= 4 is 50.2 Å². The molecule has 16 nitrogen and oxygen atoms in total. The number of nitrogens with two attached hydrogens (primary N) is 3.